The second-order valence-electron chi connectivity index (χ2n) is 4.18. The van der Waals surface area contributed by atoms with Crippen LogP contribution in [0.15, 0.2) is 41.8 Å². The van der Waals surface area contributed by atoms with Crippen molar-refractivity contribution < 1.29 is 18.3 Å². The first-order valence-corrected chi connectivity index (χ1v) is 7.12. The van der Waals surface area contributed by atoms with Crippen molar-refractivity contribution in [3.8, 4) is 0 Å². The van der Waals surface area contributed by atoms with E-state index in [1.54, 1.807) is 12.1 Å². The molecule has 20 heavy (non-hydrogen) atoms. The van der Waals surface area contributed by atoms with Crippen LogP contribution in [0.5, 0.6) is 0 Å². The number of hydrogen-bond acceptors (Lipinski definition) is 4. The summed E-state index contributed by atoms with van der Waals surface area (Å²) in [5.41, 5.74) is 0.855. The number of aromatic amines is 1. The quantitative estimate of drug-likeness (QED) is 0.854. The summed E-state index contributed by atoms with van der Waals surface area (Å²) in [7, 11) is -2.18. The molecule has 8 heteroatoms. The Labute approximate surface area is 115 Å². The molecule has 0 atom stereocenters. The van der Waals surface area contributed by atoms with Crippen molar-refractivity contribution in [1.82, 2.24) is 14.3 Å². The Morgan fingerprint density at radius 3 is 2.50 bits per heavy atom. The van der Waals surface area contributed by atoms with Gasteiger partial charge < -0.3 is 10.1 Å². The molecule has 0 aliphatic carbocycles. The first kappa shape index (κ1) is 14.2. The van der Waals surface area contributed by atoms with Gasteiger partial charge in [-0.2, -0.15) is 4.31 Å². The first-order chi connectivity index (χ1) is 9.41. The van der Waals surface area contributed by atoms with Crippen molar-refractivity contribution in [2.45, 2.75) is 11.6 Å². The van der Waals surface area contributed by atoms with E-state index in [2.05, 4.69) is 9.97 Å². The lowest BCUT2D eigenvalue weighted by Gasteiger charge is -2.15. The molecule has 0 bridgehead atoms. The Morgan fingerprint density at radius 2 is 2.00 bits per heavy atom. The number of nitrogens with one attached hydrogen (secondary N) is 1. The maximum Gasteiger partial charge on any atom is 0.335 e. The molecule has 0 spiro atoms. The van der Waals surface area contributed by atoms with Crippen LogP contribution in [0.3, 0.4) is 0 Å². The molecule has 1 heterocycles. The Balaban J connectivity index is 2.16. The van der Waals surface area contributed by atoms with Crippen LogP contribution in [-0.4, -0.2) is 40.8 Å². The van der Waals surface area contributed by atoms with Crippen LogP contribution in [0.2, 0.25) is 0 Å². The van der Waals surface area contributed by atoms with Gasteiger partial charge in [-0.25, -0.2) is 18.2 Å². The van der Waals surface area contributed by atoms with E-state index in [-0.39, 0.29) is 17.1 Å². The number of hydrogen-bond donors (Lipinski definition) is 2. The average Bonchev–Trinajstić information content (AvgIpc) is 2.93. The predicted octanol–water partition coefficient (Wildman–Crippen LogP) is 0.929. The Hall–Kier alpha value is -2.19. The van der Waals surface area contributed by atoms with Crippen LogP contribution < -0.4 is 0 Å². The Kier molecular flexibility index (Phi) is 3.86. The maximum atomic E-state index is 12.1. The number of aromatic carboxylic acids is 1. The van der Waals surface area contributed by atoms with Crippen molar-refractivity contribution in [1.29, 1.82) is 0 Å². The Morgan fingerprint density at radius 1 is 1.35 bits per heavy atom. The standard InChI is InChI=1S/C12H13N3O4S/c1-15(20(18,19)11-6-13-8-14-11)7-9-2-4-10(5-3-9)12(16)17/h2-6,8H,7H2,1H3,(H,13,14)(H,16,17). The zero-order valence-electron chi connectivity index (χ0n) is 10.6. The second-order valence-corrected chi connectivity index (χ2v) is 6.19. The van der Waals surface area contributed by atoms with E-state index in [1.807, 2.05) is 0 Å². The molecule has 2 aromatic rings. The molecule has 0 radical (unpaired) electrons. The lowest BCUT2D eigenvalue weighted by Crippen LogP contribution is -2.26. The van der Waals surface area contributed by atoms with Crippen molar-refractivity contribution in [3.05, 3.63) is 47.9 Å². The van der Waals surface area contributed by atoms with Crippen LogP contribution in [0.4, 0.5) is 0 Å². The molecule has 0 saturated heterocycles. The van der Waals surface area contributed by atoms with Gasteiger partial charge in [-0.1, -0.05) is 12.1 Å². The Bertz CT molecular complexity index is 693. The highest BCUT2D eigenvalue weighted by Gasteiger charge is 2.22. The number of carbonyl (C=O) groups is 1. The minimum absolute atomic E-state index is 0.0159. The molecule has 7 nitrogen and oxygen atoms in total. The number of aromatic nitrogens is 2. The van der Waals surface area contributed by atoms with E-state index in [9.17, 15) is 13.2 Å². The fourth-order valence-corrected chi connectivity index (χ4v) is 2.70. The first-order valence-electron chi connectivity index (χ1n) is 5.68. The van der Waals surface area contributed by atoms with Gasteiger partial charge in [0.2, 0.25) is 0 Å². The molecule has 106 valence electrons. The molecule has 0 amide bonds. The summed E-state index contributed by atoms with van der Waals surface area (Å²) in [5.74, 6) is -1.02. The molecule has 0 fully saturated rings. The topological polar surface area (TPSA) is 103 Å². The predicted molar refractivity (Wildman–Crippen MR) is 70.6 cm³/mol. The van der Waals surface area contributed by atoms with Crippen molar-refractivity contribution in [3.63, 3.8) is 0 Å². The van der Waals surface area contributed by atoms with Gasteiger partial charge in [-0.3, -0.25) is 0 Å². The maximum absolute atomic E-state index is 12.1. The zero-order valence-corrected chi connectivity index (χ0v) is 11.5. The largest absolute Gasteiger partial charge is 0.478 e. The highest BCUT2D eigenvalue weighted by molar-refractivity contribution is 7.89. The van der Waals surface area contributed by atoms with Gasteiger partial charge in [0.05, 0.1) is 18.1 Å². The van der Waals surface area contributed by atoms with Gasteiger partial charge in [0.25, 0.3) is 10.0 Å². The van der Waals surface area contributed by atoms with Crippen molar-refractivity contribution in [2.24, 2.45) is 0 Å². The molecule has 0 aliphatic rings. The molecule has 0 unspecified atom stereocenters. The molecule has 2 rings (SSSR count). The number of benzene rings is 1. The number of H-pyrrole nitrogens is 1. The van der Waals surface area contributed by atoms with Gasteiger partial charge in [0, 0.05) is 13.6 Å². The van der Waals surface area contributed by atoms with Gasteiger partial charge in [0.1, 0.15) is 0 Å². The van der Waals surface area contributed by atoms with Gasteiger partial charge in [-0.05, 0) is 17.7 Å². The van der Waals surface area contributed by atoms with Crippen LogP contribution in [0.25, 0.3) is 0 Å². The molecular formula is C12H13N3O4S. The summed E-state index contributed by atoms with van der Waals surface area (Å²) in [6.07, 6.45) is 2.53. The third-order valence-corrected chi connectivity index (χ3v) is 4.50. The summed E-state index contributed by atoms with van der Waals surface area (Å²) in [6.45, 7) is 0.140. The molecule has 0 aliphatic heterocycles. The van der Waals surface area contributed by atoms with Crippen LogP contribution in [0.1, 0.15) is 15.9 Å². The summed E-state index contributed by atoms with van der Waals surface area (Å²) < 4.78 is 25.4. The van der Waals surface area contributed by atoms with Crippen LogP contribution in [0, 0.1) is 0 Å². The smallest absolute Gasteiger partial charge is 0.335 e. The number of rotatable bonds is 5. The van der Waals surface area contributed by atoms with Crippen molar-refractivity contribution >= 4 is 16.0 Å². The van der Waals surface area contributed by atoms with E-state index in [1.165, 1.54) is 31.7 Å². The SMILES string of the molecule is CN(Cc1ccc(C(=O)O)cc1)S(=O)(=O)c1cnc[nH]1. The fourth-order valence-electron chi connectivity index (χ4n) is 1.65. The molecular weight excluding hydrogens is 282 g/mol. The minimum atomic E-state index is -3.62. The highest BCUT2D eigenvalue weighted by Crippen LogP contribution is 2.14. The highest BCUT2D eigenvalue weighted by atomic mass is 32.2. The summed E-state index contributed by atoms with van der Waals surface area (Å²) >= 11 is 0. The van der Waals surface area contributed by atoms with E-state index in [4.69, 9.17) is 5.11 Å². The average molecular weight is 295 g/mol. The second kappa shape index (κ2) is 5.43. The number of carboxylic acids is 1. The third-order valence-electron chi connectivity index (χ3n) is 2.77. The van der Waals surface area contributed by atoms with Crippen molar-refractivity contribution in [2.75, 3.05) is 7.05 Å². The minimum Gasteiger partial charge on any atom is -0.478 e. The fraction of sp³-hybridized carbons (Fsp3) is 0.167. The number of nitrogens with zero attached hydrogens (tertiary/aromatic N) is 2. The molecule has 2 N–H and O–H groups in total. The van der Waals surface area contributed by atoms with Gasteiger partial charge in [0.15, 0.2) is 5.03 Å². The van der Waals surface area contributed by atoms with Crippen LogP contribution in [-0.2, 0) is 16.6 Å². The lowest BCUT2D eigenvalue weighted by molar-refractivity contribution is 0.0697. The summed E-state index contributed by atoms with van der Waals surface area (Å²) in [6, 6.07) is 6.05. The van der Waals surface area contributed by atoms with Gasteiger partial charge in [-0.15, -0.1) is 0 Å². The van der Waals surface area contributed by atoms with E-state index in [0.717, 1.165) is 4.31 Å². The number of imidazole rings is 1. The summed E-state index contributed by atoms with van der Waals surface area (Å²) in [4.78, 5) is 17.0. The monoisotopic (exact) mass is 295 g/mol. The van der Waals surface area contributed by atoms with E-state index < -0.39 is 16.0 Å². The zero-order chi connectivity index (χ0) is 14.8. The van der Waals surface area contributed by atoms with E-state index >= 15 is 0 Å². The third kappa shape index (κ3) is 2.86. The van der Waals surface area contributed by atoms with Crippen LogP contribution >= 0.6 is 0 Å². The number of carboxylic acid groups (broad SMARTS) is 1. The lowest BCUT2D eigenvalue weighted by atomic mass is 10.1. The van der Waals surface area contributed by atoms with Gasteiger partial charge >= 0.3 is 5.97 Å². The van der Waals surface area contributed by atoms with E-state index in [0.29, 0.717) is 5.56 Å². The summed E-state index contributed by atoms with van der Waals surface area (Å²) in [5, 5.41) is 8.81. The number of sulfonamides is 1. The molecule has 0 saturated carbocycles. The normalized spacial score (nSPS) is 11.7. The molecule has 1 aromatic carbocycles. The molecule has 1 aromatic heterocycles.